The molecule has 0 saturated carbocycles. The number of aliphatic hydroxyl groups excluding tert-OH is 1. The van der Waals surface area contributed by atoms with Crippen LogP contribution in [0.5, 0.6) is 0 Å². The summed E-state index contributed by atoms with van der Waals surface area (Å²) in [5.74, 6) is -0.362. The van der Waals surface area contributed by atoms with Gasteiger partial charge in [0.25, 0.3) is 0 Å². The van der Waals surface area contributed by atoms with E-state index in [0.717, 1.165) is 24.3 Å². The molecule has 0 spiro atoms. The van der Waals surface area contributed by atoms with Crippen molar-refractivity contribution in [3.05, 3.63) is 69.8 Å². The molecule has 0 heterocycles. The number of rotatable bonds is 2. The molecule has 0 aliphatic heterocycles. The molecule has 0 unspecified atom stereocenters. The van der Waals surface area contributed by atoms with Gasteiger partial charge >= 0.3 is 12.4 Å². The molecule has 0 aromatic heterocycles. The van der Waals surface area contributed by atoms with Gasteiger partial charge in [-0.2, -0.15) is 26.3 Å². The van der Waals surface area contributed by atoms with Gasteiger partial charge in [0, 0.05) is 5.56 Å². The third kappa shape index (κ3) is 6.99. The van der Waals surface area contributed by atoms with Crippen LogP contribution in [0.3, 0.4) is 0 Å². The summed E-state index contributed by atoms with van der Waals surface area (Å²) in [4.78, 5) is 10.9. The van der Waals surface area contributed by atoms with Crippen LogP contribution in [0.1, 0.15) is 58.1 Å². The minimum atomic E-state index is -4.39. The van der Waals surface area contributed by atoms with Gasteiger partial charge in [-0.1, -0.05) is 11.6 Å². The Balaban J connectivity index is 0.000000280. The van der Waals surface area contributed by atoms with Crippen LogP contribution in [0.2, 0.25) is 0 Å². The highest BCUT2D eigenvalue weighted by atomic mass is 19.4. The van der Waals surface area contributed by atoms with Crippen LogP contribution in [0.25, 0.3) is 0 Å². The molecule has 2 aromatic rings. The van der Waals surface area contributed by atoms with Crippen LogP contribution in [-0.2, 0) is 12.4 Å². The van der Waals surface area contributed by atoms with Crippen molar-refractivity contribution >= 4 is 5.78 Å². The van der Waals surface area contributed by atoms with Gasteiger partial charge in [0.05, 0.1) is 17.2 Å². The van der Waals surface area contributed by atoms with E-state index in [4.69, 9.17) is 0 Å². The molecular formula is C20H20F6O2. The van der Waals surface area contributed by atoms with Crippen LogP contribution < -0.4 is 0 Å². The molecule has 0 fully saturated rings. The number of hydrogen-bond donors (Lipinski definition) is 1. The molecule has 8 heteroatoms. The third-order valence-corrected chi connectivity index (χ3v) is 3.72. The van der Waals surface area contributed by atoms with E-state index in [1.165, 1.54) is 26.8 Å². The van der Waals surface area contributed by atoms with Gasteiger partial charge in [0.1, 0.15) is 0 Å². The highest BCUT2D eigenvalue weighted by Crippen LogP contribution is 2.32. The fraction of sp³-hybridized carbons (Fsp3) is 0.350. The number of alkyl halides is 6. The van der Waals surface area contributed by atoms with Crippen LogP contribution in [-0.4, -0.2) is 10.9 Å². The van der Waals surface area contributed by atoms with E-state index in [9.17, 15) is 36.2 Å². The van der Waals surface area contributed by atoms with Gasteiger partial charge in [-0.3, -0.25) is 4.79 Å². The fourth-order valence-corrected chi connectivity index (χ4v) is 2.37. The van der Waals surface area contributed by atoms with Crippen molar-refractivity contribution in [2.45, 2.75) is 46.2 Å². The Labute approximate surface area is 158 Å². The number of aryl methyl sites for hydroxylation is 2. The first-order valence-corrected chi connectivity index (χ1v) is 8.18. The third-order valence-electron chi connectivity index (χ3n) is 3.72. The Morgan fingerprint density at radius 1 is 0.821 bits per heavy atom. The lowest BCUT2D eigenvalue weighted by Gasteiger charge is -2.11. The first-order valence-electron chi connectivity index (χ1n) is 8.18. The van der Waals surface area contributed by atoms with Crippen molar-refractivity contribution in [2.24, 2.45) is 0 Å². The Kier molecular flexibility index (Phi) is 7.42. The fourth-order valence-electron chi connectivity index (χ4n) is 2.37. The van der Waals surface area contributed by atoms with E-state index in [-0.39, 0.29) is 16.9 Å². The lowest BCUT2D eigenvalue weighted by molar-refractivity contribution is -0.138. The van der Waals surface area contributed by atoms with Crippen LogP contribution >= 0.6 is 0 Å². The quantitative estimate of drug-likeness (QED) is 0.471. The lowest BCUT2D eigenvalue weighted by atomic mass is 10.0. The second-order valence-electron chi connectivity index (χ2n) is 6.45. The summed E-state index contributed by atoms with van der Waals surface area (Å²) < 4.78 is 73.9. The van der Waals surface area contributed by atoms with Crippen LogP contribution in [0.15, 0.2) is 36.4 Å². The Bertz CT molecular complexity index is 836. The minimum Gasteiger partial charge on any atom is -0.389 e. The maximum atomic E-state index is 12.3. The van der Waals surface area contributed by atoms with Crippen molar-refractivity contribution in [3.63, 3.8) is 0 Å². The smallest absolute Gasteiger partial charge is 0.389 e. The Morgan fingerprint density at radius 3 is 1.64 bits per heavy atom. The number of Topliss-reactive ketones (excluding diaryl/α,β-unsaturated/α-hetero) is 1. The summed E-state index contributed by atoms with van der Waals surface area (Å²) in [6.45, 7) is 5.78. The van der Waals surface area contributed by atoms with Crippen molar-refractivity contribution in [2.75, 3.05) is 0 Å². The molecule has 0 aliphatic rings. The van der Waals surface area contributed by atoms with Crippen molar-refractivity contribution in [1.82, 2.24) is 0 Å². The first-order chi connectivity index (χ1) is 12.6. The maximum Gasteiger partial charge on any atom is 0.416 e. The molecule has 154 valence electrons. The molecule has 28 heavy (non-hydrogen) atoms. The summed E-state index contributed by atoms with van der Waals surface area (Å²) in [6, 6.07) is 6.91. The molecule has 2 rings (SSSR count). The van der Waals surface area contributed by atoms with E-state index in [1.807, 2.05) is 0 Å². The van der Waals surface area contributed by atoms with Crippen LogP contribution in [0, 0.1) is 13.8 Å². The maximum absolute atomic E-state index is 12.3. The molecule has 0 bridgehead atoms. The predicted octanol–water partition coefficient (Wildman–Crippen LogP) is 6.28. The zero-order valence-corrected chi connectivity index (χ0v) is 15.7. The summed E-state index contributed by atoms with van der Waals surface area (Å²) in [5, 5.41) is 9.17. The van der Waals surface area contributed by atoms with E-state index >= 15 is 0 Å². The summed E-state index contributed by atoms with van der Waals surface area (Å²) in [7, 11) is 0. The standard InChI is InChI=1S/C10H11F3O.C10H9F3O/c2*1-6-3-8(7(2)14)5-9(4-6)10(11,12)13/h3-5,7,14H,1-2H3;3-5H,1-2H3/t7-;/m0./s1. The van der Waals surface area contributed by atoms with Gasteiger partial charge in [0.2, 0.25) is 0 Å². The Hall–Kier alpha value is -2.35. The van der Waals surface area contributed by atoms with Gasteiger partial charge in [-0.05, 0) is 69.2 Å². The van der Waals surface area contributed by atoms with E-state index in [1.54, 1.807) is 13.0 Å². The topological polar surface area (TPSA) is 37.3 Å². The molecule has 1 N–H and O–H groups in total. The lowest BCUT2D eigenvalue weighted by Crippen LogP contribution is -2.07. The Morgan fingerprint density at radius 2 is 1.25 bits per heavy atom. The second kappa shape index (κ2) is 8.77. The average Bonchev–Trinajstić information content (AvgIpc) is 2.52. The normalized spacial score (nSPS) is 12.8. The van der Waals surface area contributed by atoms with E-state index < -0.39 is 29.6 Å². The zero-order chi connectivity index (χ0) is 21.9. The van der Waals surface area contributed by atoms with Gasteiger partial charge in [-0.25, -0.2) is 0 Å². The van der Waals surface area contributed by atoms with Crippen molar-refractivity contribution in [3.8, 4) is 0 Å². The van der Waals surface area contributed by atoms with Crippen LogP contribution in [0.4, 0.5) is 26.3 Å². The molecular weight excluding hydrogens is 386 g/mol. The molecule has 1 atom stereocenters. The summed E-state index contributed by atoms with van der Waals surface area (Å²) >= 11 is 0. The molecule has 2 aromatic carbocycles. The predicted molar refractivity (Wildman–Crippen MR) is 93.0 cm³/mol. The minimum absolute atomic E-state index is 0.0947. The average molecular weight is 406 g/mol. The number of carbonyl (C=O) groups is 1. The molecule has 0 saturated heterocycles. The van der Waals surface area contributed by atoms with Gasteiger partial charge in [0.15, 0.2) is 5.78 Å². The molecule has 0 amide bonds. The van der Waals surface area contributed by atoms with Crippen molar-refractivity contribution < 1.29 is 36.2 Å². The number of carbonyl (C=O) groups excluding carboxylic acids is 1. The second-order valence-corrected chi connectivity index (χ2v) is 6.45. The number of ketones is 1. The number of hydrogen-bond acceptors (Lipinski definition) is 2. The number of halogens is 6. The highest BCUT2D eigenvalue weighted by molar-refractivity contribution is 5.94. The first kappa shape index (κ1) is 23.7. The number of aliphatic hydroxyl groups is 1. The molecule has 0 aliphatic carbocycles. The SMILES string of the molecule is CC(=O)c1cc(C)cc(C(F)(F)F)c1.Cc1cc([C@H](C)O)cc(C(F)(F)F)c1. The van der Waals surface area contributed by atoms with Gasteiger partial charge in [-0.15, -0.1) is 0 Å². The van der Waals surface area contributed by atoms with E-state index in [0.29, 0.717) is 11.1 Å². The van der Waals surface area contributed by atoms with E-state index in [2.05, 4.69) is 0 Å². The van der Waals surface area contributed by atoms with Crippen molar-refractivity contribution in [1.29, 1.82) is 0 Å². The molecule has 0 radical (unpaired) electrons. The number of benzene rings is 2. The summed E-state index contributed by atoms with van der Waals surface area (Å²) in [6.07, 6.45) is -9.62. The highest BCUT2D eigenvalue weighted by Gasteiger charge is 2.31. The summed E-state index contributed by atoms with van der Waals surface area (Å²) in [5.41, 5.74) is -0.175. The largest absolute Gasteiger partial charge is 0.416 e. The zero-order valence-electron chi connectivity index (χ0n) is 15.7. The monoisotopic (exact) mass is 406 g/mol. The van der Waals surface area contributed by atoms with Gasteiger partial charge < -0.3 is 5.11 Å². The molecule has 2 nitrogen and oxygen atoms in total.